The van der Waals surface area contributed by atoms with E-state index < -0.39 is 31.0 Å². The van der Waals surface area contributed by atoms with Crippen LogP contribution in [0, 0.1) is 17.2 Å². The van der Waals surface area contributed by atoms with E-state index in [1.807, 2.05) is 0 Å². The Hall–Kier alpha value is -2.03. The van der Waals surface area contributed by atoms with Crippen LogP contribution in [-0.4, -0.2) is 18.6 Å². The molecule has 1 atom stereocenters. The topological polar surface area (TPSA) is 52.9 Å². The average molecular weight is 270 g/mol. The van der Waals surface area contributed by atoms with Gasteiger partial charge in [0.1, 0.15) is 5.92 Å². The summed E-state index contributed by atoms with van der Waals surface area (Å²) in [5.41, 5.74) is 0.792. The number of amides is 1. The highest BCUT2D eigenvalue weighted by molar-refractivity contribution is 5.81. The van der Waals surface area contributed by atoms with E-state index in [0.29, 0.717) is 0 Å². The zero-order valence-corrected chi connectivity index (χ0v) is 10.1. The molecule has 0 fully saturated rings. The van der Waals surface area contributed by atoms with Gasteiger partial charge >= 0.3 is 6.18 Å². The summed E-state index contributed by atoms with van der Waals surface area (Å²) in [7, 11) is 0. The molecule has 0 aliphatic heterocycles. The van der Waals surface area contributed by atoms with Crippen molar-refractivity contribution in [3.8, 4) is 6.07 Å². The molecule has 1 rings (SSSR count). The maximum absolute atomic E-state index is 11.9. The summed E-state index contributed by atoms with van der Waals surface area (Å²) in [5.74, 6) is -1.65. The summed E-state index contributed by atoms with van der Waals surface area (Å²) >= 11 is 0. The predicted octanol–water partition coefficient (Wildman–Crippen LogP) is 2.44. The number of hydrogen-bond donors (Lipinski definition) is 1. The normalized spacial score (nSPS) is 12.5. The van der Waals surface area contributed by atoms with Gasteiger partial charge in [-0.3, -0.25) is 4.79 Å². The number of benzene rings is 1. The molecular weight excluding hydrogens is 257 g/mol. The Kier molecular flexibility index (Phi) is 5.37. The average Bonchev–Trinajstić information content (AvgIpc) is 2.35. The molecular formula is C13H13F3N2O. The number of rotatable bonds is 5. The Labute approximate surface area is 109 Å². The number of halogens is 3. The lowest BCUT2D eigenvalue weighted by Gasteiger charge is -2.11. The first kappa shape index (κ1) is 15.0. The van der Waals surface area contributed by atoms with Crippen LogP contribution >= 0.6 is 0 Å². The van der Waals surface area contributed by atoms with Crippen molar-refractivity contribution in [1.29, 1.82) is 5.26 Å². The Balaban J connectivity index is 2.47. The summed E-state index contributed by atoms with van der Waals surface area (Å²) in [5, 5.41) is 11.0. The molecule has 0 aliphatic rings. The molecule has 19 heavy (non-hydrogen) atoms. The van der Waals surface area contributed by atoms with Crippen molar-refractivity contribution in [3.05, 3.63) is 35.9 Å². The smallest absolute Gasteiger partial charge is 0.355 e. The van der Waals surface area contributed by atoms with Crippen molar-refractivity contribution >= 4 is 5.91 Å². The van der Waals surface area contributed by atoms with Crippen molar-refractivity contribution in [2.75, 3.05) is 6.54 Å². The molecule has 0 saturated heterocycles. The predicted molar refractivity (Wildman–Crippen MR) is 62.9 cm³/mol. The van der Waals surface area contributed by atoms with Gasteiger partial charge in [0.15, 0.2) is 0 Å². The number of nitriles is 1. The Morgan fingerprint density at radius 2 is 1.95 bits per heavy atom. The third-order valence-corrected chi connectivity index (χ3v) is 2.46. The van der Waals surface area contributed by atoms with E-state index >= 15 is 0 Å². The number of hydrogen-bond acceptors (Lipinski definition) is 2. The van der Waals surface area contributed by atoms with E-state index in [1.54, 1.807) is 36.4 Å². The molecule has 0 heterocycles. The van der Waals surface area contributed by atoms with Crippen LogP contribution in [0.25, 0.3) is 0 Å². The van der Waals surface area contributed by atoms with Crippen LogP contribution in [0.4, 0.5) is 13.2 Å². The van der Waals surface area contributed by atoms with Gasteiger partial charge in [0.2, 0.25) is 5.91 Å². The zero-order chi connectivity index (χ0) is 14.3. The highest BCUT2D eigenvalue weighted by Crippen LogP contribution is 2.18. The van der Waals surface area contributed by atoms with Gasteiger partial charge in [0, 0.05) is 6.54 Å². The second kappa shape index (κ2) is 6.78. The first-order chi connectivity index (χ1) is 8.92. The van der Waals surface area contributed by atoms with Crippen molar-refractivity contribution in [2.24, 2.45) is 5.92 Å². The Morgan fingerprint density at radius 3 is 2.47 bits per heavy atom. The summed E-state index contributed by atoms with van der Waals surface area (Å²) in [4.78, 5) is 11.6. The zero-order valence-electron chi connectivity index (χ0n) is 10.1. The number of carbonyl (C=O) groups is 1. The van der Waals surface area contributed by atoms with E-state index in [4.69, 9.17) is 5.26 Å². The third-order valence-electron chi connectivity index (χ3n) is 2.46. The number of carbonyl (C=O) groups excluding carboxylic acids is 1. The number of nitrogens with zero attached hydrogens (tertiary/aromatic N) is 1. The second-order valence-corrected chi connectivity index (χ2v) is 4.03. The maximum atomic E-state index is 11.9. The SMILES string of the molecule is N#CC(Cc1ccccc1)C(=O)NCCC(F)(F)F. The summed E-state index contributed by atoms with van der Waals surface area (Å²) in [6.07, 6.45) is -5.22. The van der Waals surface area contributed by atoms with E-state index in [1.165, 1.54) is 0 Å². The summed E-state index contributed by atoms with van der Waals surface area (Å²) in [6, 6.07) is 10.7. The molecule has 0 aromatic heterocycles. The molecule has 0 spiro atoms. The minimum atomic E-state index is -4.31. The largest absolute Gasteiger partial charge is 0.390 e. The molecule has 0 aliphatic carbocycles. The van der Waals surface area contributed by atoms with Crippen LogP contribution in [0.2, 0.25) is 0 Å². The van der Waals surface area contributed by atoms with Gasteiger partial charge < -0.3 is 5.32 Å². The van der Waals surface area contributed by atoms with Crippen molar-refractivity contribution in [3.63, 3.8) is 0 Å². The van der Waals surface area contributed by atoms with Crippen LogP contribution in [-0.2, 0) is 11.2 Å². The standard InChI is InChI=1S/C13H13F3N2O/c14-13(15,16)6-7-18-12(19)11(9-17)8-10-4-2-1-3-5-10/h1-5,11H,6-8H2,(H,18,19). The van der Waals surface area contributed by atoms with Gasteiger partial charge in [-0.2, -0.15) is 18.4 Å². The van der Waals surface area contributed by atoms with Gasteiger partial charge in [-0.1, -0.05) is 30.3 Å². The van der Waals surface area contributed by atoms with Crippen LogP contribution < -0.4 is 5.32 Å². The quantitative estimate of drug-likeness (QED) is 0.893. The van der Waals surface area contributed by atoms with Crippen molar-refractivity contribution in [1.82, 2.24) is 5.32 Å². The minimum Gasteiger partial charge on any atom is -0.355 e. The lowest BCUT2D eigenvalue weighted by atomic mass is 10.00. The molecule has 6 heteroatoms. The highest BCUT2D eigenvalue weighted by atomic mass is 19.4. The molecule has 1 aromatic rings. The van der Waals surface area contributed by atoms with Gasteiger partial charge in [-0.05, 0) is 12.0 Å². The third kappa shape index (κ3) is 5.91. The van der Waals surface area contributed by atoms with E-state index in [9.17, 15) is 18.0 Å². The van der Waals surface area contributed by atoms with Crippen LogP contribution in [0.15, 0.2) is 30.3 Å². The van der Waals surface area contributed by atoms with Gasteiger partial charge in [-0.25, -0.2) is 0 Å². The highest BCUT2D eigenvalue weighted by Gasteiger charge is 2.27. The summed E-state index contributed by atoms with van der Waals surface area (Å²) < 4.78 is 35.8. The first-order valence-corrected chi connectivity index (χ1v) is 5.70. The number of nitrogens with one attached hydrogen (secondary N) is 1. The monoisotopic (exact) mass is 270 g/mol. The molecule has 0 bridgehead atoms. The van der Waals surface area contributed by atoms with Crippen LogP contribution in [0.1, 0.15) is 12.0 Å². The fourth-order valence-corrected chi connectivity index (χ4v) is 1.50. The fraction of sp³-hybridized carbons (Fsp3) is 0.385. The number of alkyl halides is 3. The summed E-state index contributed by atoms with van der Waals surface area (Å²) in [6.45, 7) is -0.505. The molecule has 1 N–H and O–H groups in total. The molecule has 3 nitrogen and oxygen atoms in total. The lowest BCUT2D eigenvalue weighted by Crippen LogP contribution is -2.33. The Morgan fingerprint density at radius 1 is 1.32 bits per heavy atom. The van der Waals surface area contributed by atoms with Crippen LogP contribution in [0.5, 0.6) is 0 Å². The van der Waals surface area contributed by atoms with Gasteiger partial charge in [0.05, 0.1) is 12.5 Å². The minimum absolute atomic E-state index is 0.190. The van der Waals surface area contributed by atoms with Crippen LogP contribution in [0.3, 0.4) is 0 Å². The second-order valence-electron chi connectivity index (χ2n) is 4.03. The van der Waals surface area contributed by atoms with Crippen molar-refractivity contribution < 1.29 is 18.0 Å². The molecule has 0 radical (unpaired) electrons. The molecule has 1 unspecified atom stereocenters. The molecule has 102 valence electrons. The van der Waals surface area contributed by atoms with E-state index in [-0.39, 0.29) is 6.42 Å². The van der Waals surface area contributed by atoms with Crippen molar-refractivity contribution in [2.45, 2.75) is 19.0 Å². The first-order valence-electron chi connectivity index (χ1n) is 5.70. The van der Waals surface area contributed by atoms with E-state index in [0.717, 1.165) is 5.56 Å². The maximum Gasteiger partial charge on any atom is 0.390 e. The van der Waals surface area contributed by atoms with Gasteiger partial charge in [0.25, 0.3) is 0 Å². The fourth-order valence-electron chi connectivity index (χ4n) is 1.50. The Bertz CT molecular complexity index is 451. The lowest BCUT2D eigenvalue weighted by molar-refractivity contribution is -0.136. The molecule has 1 aromatic carbocycles. The molecule has 0 saturated carbocycles. The van der Waals surface area contributed by atoms with E-state index in [2.05, 4.69) is 5.32 Å². The van der Waals surface area contributed by atoms with Gasteiger partial charge in [-0.15, -0.1) is 0 Å². The molecule has 1 amide bonds.